The van der Waals surface area contributed by atoms with Gasteiger partial charge in [0.2, 0.25) is 0 Å². The zero-order chi connectivity index (χ0) is 18.0. The number of amides is 1. The molecule has 0 radical (unpaired) electrons. The summed E-state index contributed by atoms with van der Waals surface area (Å²) >= 11 is 0. The number of aromatic nitrogens is 3. The molecule has 2 aromatic heterocycles. The Hall–Kier alpha value is -2.15. The number of carbonyl (C=O) groups is 1. The molecule has 27 heavy (non-hydrogen) atoms. The highest BCUT2D eigenvalue weighted by Crippen LogP contribution is 2.28. The van der Waals surface area contributed by atoms with Crippen LogP contribution in [0, 0.1) is 6.92 Å². The second kappa shape index (κ2) is 9.69. The van der Waals surface area contributed by atoms with E-state index in [2.05, 4.69) is 10.4 Å². The van der Waals surface area contributed by atoms with Crippen molar-refractivity contribution >= 4 is 41.8 Å². The Morgan fingerprint density at radius 3 is 2.59 bits per heavy atom. The molecule has 0 saturated carbocycles. The average Bonchev–Trinajstić information content (AvgIpc) is 3.03. The second-order valence-electron chi connectivity index (χ2n) is 6.33. The summed E-state index contributed by atoms with van der Waals surface area (Å²) in [6.45, 7) is 6.96. The van der Waals surface area contributed by atoms with Gasteiger partial charge in [-0.25, -0.2) is 9.67 Å². The smallest absolute Gasteiger partial charge is 0.252 e. The average molecular weight is 410 g/mol. The second-order valence-corrected chi connectivity index (χ2v) is 6.33. The lowest BCUT2D eigenvalue weighted by Crippen LogP contribution is -2.29. The minimum absolute atomic E-state index is 0. The van der Waals surface area contributed by atoms with Gasteiger partial charge in [-0.05, 0) is 32.4 Å². The molecule has 8 heteroatoms. The van der Waals surface area contributed by atoms with Crippen LogP contribution in [0.5, 0.6) is 0 Å². The molecule has 0 aliphatic carbocycles. The molecule has 0 aliphatic rings. The number of hydrogen-bond donors (Lipinski definition) is 2. The molecule has 0 fully saturated rings. The SMILES string of the molecule is Cc1ccccc1-c1cc(C(=O)NCCN)c2cnn(C(C)C)c2n1.Cl.Cl. The van der Waals surface area contributed by atoms with E-state index in [9.17, 15) is 4.79 Å². The van der Waals surface area contributed by atoms with Gasteiger partial charge in [-0.1, -0.05) is 24.3 Å². The van der Waals surface area contributed by atoms with E-state index >= 15 is 0 Å². The standard InChI is InChI=1S/C19H23N5O.2ClH/c1-12(2)24-18-16(11-22-24)15(19(25)21-9-8-20)10-17(23-18)14-7-5-4-6-13(14)3;;/h4-7,10-12H,8-9,20H2,1-3H3,(H,21,25);2*1H. The lowest BCUT2D eigenvalue weighted by atomic mass is 10.0. The topological polar surface area (TPSA) is 85.8 Å². The minimum atomic E-state index is -0.156. The van der Waals surface area contributed by atoms with E-state index < -0.39 is 0 Å². The molecule has 6 nitrogen and oxygen atoms in total. The molecule has 0 bridgehead atoms. The number of carbonyl (C=O) groups excluding carboxylic acids is 1. The first-order valence-corrected chi connectivity index (χ1v) is 8.45. The first-order chi connectivity index (χ1) is 12.0. The normalized spacial score (nSPS) is 10.4. The summed E-state index contributed by atoms with van der Waals surface area (Å²) < 4.78 is 1.84. The first-order valence-electron chi connectivity index (χ1n) is 8.45. The Morgan fingerprint density at radius 2 is 1.96 bits per heavy atom. The summed E-state index contributed by atoms with van der Waals surface area (Å²) in [5.41, 5.74) is 9.68. The van der Waals surface area contributed by atoms with E-state index in [-0.39, 0.29) is 36.8 Å². The maximum absolute atomic E-state index is 12.6. The molecular formula is C19H25Cl2N5O. The summed E-state index contributed by atoms with van der Waals surface area (Å²) in [5, 5.41) is 8.02. The number of nitrogens with zero attached hydrogens (tertiary/aromatic N) is 3. The fraction of sp³-hybridized carbons (Fsp3) is 0.316. The third kappa shape index (κ3) is 4.58. The summed E-state index contributed by atoms with van der Waals surface area (Å²) in [6, 6.07) is 10.0. The van der Waals surface area contributed by atoms with E-state index in [0.29, 0.717) is 24.3 Å². The Labute approximate surface area is 171 Å². The van der Waals surface area contributed by atoms with Crippen molar-refractivity contribution in [1.82, 2.24) is 20.1 Å². The van der Waals surface area contributed by atoms with Crippen LogP contribution in [0.3, 0.4) is 0 Å². The van der Waals surface area contributed by atoms with Crippen LogP contribution in [0.15, 0.2) is 36.5 Å². The van der Waals surface area contributed by atoms with E-state index in [1.54, 1.807) is 6.20 Å². The van der Waals surface area contributed by atoms with Crippen molar-refractivity contribution < 1.29 is 4.79 Å². The highest BCUT2D eigenvalue weighted by molar-refractivity contribution is 6.06. The van der Waals surface area contributed by atoms with E-state index in [1.165, 1.54) is 0 Å². The van der Waals surface area contributed by atoms with Gasteiger partial charge in [0.15, 0.2) is 5.65 Å². The molecule has 146 valence electrons. The number of fused-ring (bicyclic) bond motifs is 1. The maximum Gasteiger partial charge on any atom is 0.252 e. The molecule has 0 unspecified atom stereocenters. The van der Waals surface area contributed by atoms with Gasteiger partial charge >= 0.3 is 0 Å². The Kier molecular flexibility index (Phi) is 8.21. The Morgan fingerprint density at radius 1 is 1.26 bits per heavy atom. The Bertz CT molecular complexity index is 924. The highest BCUT2D eigenvalue weighted by atomic mass is 35.5. The van der Waals surface area contributed by atoms with E-state index in [4.69, 9.17) is 10.7 Å². The van der Waals surface area contributed by atoms with E-state index in [0.717, 1.165) is 22.2 Å². The van der Waals surface area contributed by atoms with Crippen LogP contribution in [0.25, 0.3) is 22.3 Å². The van der Waals surface area contributed by atoms with Crippen molar-refractivity contribution in [3.8, 4) is 11.3 Å². The van der Waals surface area contributed by atoms with Crippen molar-refractivity contribution in [1.29, 1.82) is 0 Å². The molecule has 0 saturated heterocycles. The third-order valence-corrected chi connectivity index (χ3v) is 4.15. The third-order valence-electron chi connectivity index (χ3n) is 4.15. The monoisotopic (exact) mass is 409 g/mol. The molecular weight excluding hydrogens is 385 g/mol. The Balaban J connectivity index is 0.00000182. The van der Waals surface area contributed by atoms with Gasteiger partial charge in [-0.15, -0.1) is 24.8 Å². The van der Waals surface area contributed by atoms with Gasteiger partial charge in [0.05, 0.1) is 22.8 Å². The number of benzene rings is 1. The van der Waals surface area contributed by atoms with Crippen molar-refractivity contribution in [2.24, 2.45) is 5.73 Å². The number of pyridine rings is 1. The quantitative estimate of drug-likeness (QED) is 0.674. The van der Waals surface area contributed by atoms with Crippen LogP contribution in [-0.2, 0) is 0 Å². The molecule has 1 aromatic carbocycles. The van der Waals surface area contributed by atoms with Crippen molar-refractivity contribution in [2.75, 3.05) is 13.1 Å². The van der Waals surface area contributed by atoms with Crippen LogP contribution in [0.4, 0.5) is 0 Å². The molecule has 3 rings (SSSR count). The fourth-order valence-electron chi connectivity index (χ4n) is 2.86. The minimum Gasteiger partial charge on any atom is -0.351 e. The zero-order valence-electron chi connectivity index (χ0n) is 15.6. The molecule has 0 spiro atoms. The van der Waals surface area contributed by atoms with Gasteiger partial charge < -0.3 is 11.1 Å². The fourth-order valence-corrected chi connectivity index (χ4v) is 2.86. The largest absolute Gasteiger partial charge is 0.351 e. The van der Waals surface area contributed by atoms with E-state index in [1.807, 2.05) is 55.8 Å². The van der Waals surface area contributed by atoms with Crippen LogP contribution < -0.4 is 11.1 Å². The number of halogens is 2. The number of hydrogen-bond acceptors (Lipinski definition) is 4. The van der Waals surface area contributed by atoms with Gasteiger partial charge in [-0.2, -0.15) is 5.10 Å². The lowest BCUT2D eigenvalue weighted by Gasteiger charge is -2.12. The summed E-state index contributed by atoms with van der Waals surface area (Å²) in [7, 11) is 0. The number of aryl methyl sites for hydroxylation is 1. The van der Waals surface area contributed by atoms with Crippen LogP contribution in [0.2, 0.25) is 0 Å². The number of rotatable bonds is 5. The van der Waals surface area contributed by atoms with Crippen molar-refractivity contribution in [3.63, 3.8) is 0 Å². The van der Waals surface area contributed by atoms with Gasteiger partial charge in [-0.3, -0.25) is 4.79 Å². The molecule has 1 amide bonds. The number of nitrogens with two attached hydrogens (primary N) is 1. The molecule has 0 atom stereocenters. The van der Waals surface area contributed by atoms with Gasteiger partial charge in [0.25, 0.3) is 5.91 Å². The lowest BCUT2D eigenvalue weighted by molar-refractivity contribution is 0.0956. The van der Waals surface area contributed by atoms with Crippen molar-refractivity contribution in [2.45, 2.75) is 26.8 Å². The number of nitrogens with one attached hydrogen (secondary N) is 1. The molecule has 0 aliphatic heterocycles. The predicted octanol–water partition coefficient (Wildman–Crippen LogP) is 3.52. The maximum atomic E-state index is 12.6. The van der Waals surface area contributed by atoms with Crippen LogP contribution in [-0.4, -0.2) is 33.8 Å². The predicted molar refractivity (Wildman–Crippen MR) is 114 cm³/mol. The summed E-state index contributed by atoms with van der Waals surface area (Å²) in [6.07, 6.45) is 1.71. The van der Waals surface area contributed by atoms with Gasteiger partial charge in [0, 0.05) is 24.7 Å². The zero-order valence-corrected chi connectivity index (χ0v) is 17.2. The van der Waals surface area contributed by atoms with Crippen molar-refractivity contribution in [3.05, 3.63) is 47.7 Å². The summed E-state index contributed by atoms with van der Waals surface area (Å²) in [5.74, 6) is -0.156. The van der Waals surface area contributed by atoms with Crippen LogP contribution in [0.1, 0.15) is 35.8 Å². The van der Waals surface area contributed by atoms with Crippen LogP contribution >= 0.6 is 24.8 Å². The molecule has 3 N–H and O–H groups in total. The first kappa shape index (κ1) is 22.9. The molecule has 2 heterocycles. The highest BCUT2D eigenvalue weighted by Gasteiger charge is 2.18. The molecule has 3 aromatic rings. The summed E-state index contributed by atoms with van der Waals surface area (Å²) in [4.78, 5) is 17.4. The van der Waals surface area contributed by atoms with Gasteiger partial charge in [0.1, 0.15) is 0 Å².